The number of nitrogens with one attached hydrogen (secondary N) is 2. The third-order valence-electron chi connectivity index (χ3n) is 3.74. The van der Waals surface area contributed by atoms with Gasteiger partial charge in [-0.25, -0.2) is 4.98 Å². The van der Waals surface area contributed by atoms with E-state index in [-0.39, 0.29) is 36.6 Å². The van der Waals surface area contributed by atoms with Crippen molar-refractivity contribution in [1.29, 1.82) is 0 Å². The Hall–Kier alpha value is -1.04. The minimum absolute atomic E-state index is 0. The first kappa shape index (κ1) is 24.0. The summed E-state index contributed by atoms with van der Waals surface area (Å²) in [5.41, 5.74) is -3.04. The first-order valence-electron chi connectivity index (χ1n) is 7.97. The number of nitrogens with zero attached hydrogens (tertiary/aromatic N) is 3. The van der Waals surface area contributed by atoms with Crippen molar-refractivity contribution in [1.82, 2.24) is 20.2 Å². The predicted octanol–water partition coefficient (Wildman–Crippen LogP) is 2.53. The van der Waals surface area contributed by atoms with Crippen molar-refractivity contribution in [2.24, 2.45) is 12.0 Å². The predicted molar refractivity (Wildman–Crippen MR) is 102 cm³/mol. The molecule has 0 bridgehead atoms. The summed E-state index contributed by atoms with van der Waals surface area (Å²) in [5.74, 6) is -0.0127. The van der Waals surface area contributed by atoms with E-state index in [4.69, 9.17) is 0 Å². The van der Waals surface area contributed by atoms with Gasteiger partial charge in [0, 0.05) is 45.0 Å². The molecule has 0 aliphatic heterocycles. The van der Waals surface area contributed by atoms with Gasteiger partial charge in [-0.1, -0.05) is 6.92 Å². The Morgan fingerprint density at radius 2 is 2.04 bits per heavy atom. The Balaban J connectivity index is 0.00000576. The van der Waals surface area contributed by atoms with Crippen molar-refractivity contribution >= 4 is 29.9 Å². The molecule has 0 aliphatic rings. The second kappa shape index (κ2) is 10.2. The Labute approximate surface area is 163 Å². The number of aliphatic imine (C=N–C) groups is 1. The first-order chi connectivity index (χ1) is 11.2. The fourth-order valence-corrected chi connectivity index (χ4v) is 2.13. The van der Waals surface area contributed by atoms with Crippen LogP contribution in [0.15, 0.2) is 17.4 Å². The van der Waals surface area contributed by atoms with Crippen LogP contribution in [0.1, 0.15) is 39.4 Å². The summed E-state index contributed by atoms with van der Waals surface area (Å²) < 4.78 is 41.4. The summed E-state index contributed by atoms with van der Waals surface area (Å²) in [7, 11) is 1.41. The van der Waals surface area contributed by atoms with Crippen LogP contribution in [0.25, 0.3) is 0 Å². The summed E-state index contributed by atoms with van der Waals surface area (Å²) in [6.45, 7) is 6.20. The van der Waals surface area contributed by atoms with Crippen molar-refractivity contribution in [3.8, 4) is 0 Å². The number of aryl methyl sites for hydroxylation is 1. The second-order valence-corrected chi connectivity index (χ2v) is 5.68. The number of alkyl halides is 3. The summed E-state index contributed by atoms with van der Waals surface area (Å²) in [6.07, 6.45) is -2.01. The lowest BCUT2D eigenvalue weighted by Gasteiger charge is -2.29. The van der Waals surface area contributed by atoms with Gasteiger partial charge in [0.15, 0.2) is 5.96 Å². The fourth-order valence-electron chi connectivity index (χ4n) is 2.13. The molecule has 0 saturated heterocycles. The molecule has 1 aromatic rings. The zero-order chi connectivity index (χ0) is 18.4. The summed E-state index contributed by atoms with van der Waals surface area (Å²) >= 11 is 0. The van der Waals surface area contributed by atoms with Crippen LogP contribution in [0.3, 0.4) is 0 Å². The lowest BCUT2D eigenvalue weighted by atomic mass is 9.98. The molecule has 1 heterocycles. The van der Waals surface area contributed by atoms with Crippen LogP contribution in [-0.4, -0.2) is 45.9 Å². The van der Waals surface area contributed by atoms with Gasteiger partial charge in [-0.15, -0.1) is 24.0 Å². The number of aromatic nitrogens is 2. The Morgan fingerprint density at radius 3 is 2.48 bits per heavy atom. The van der Waals surface area contributed by atoms with Crippen LogP contribution >= 0.6 is 24.0 Å². The average molecular weight is 477 g/mol. The van der Waals surface area contributed by atoms with Gasteiger partial charge in [0.2, 0.25) is 5.60 Å². The third kappa shape index (κ3) is 6.32. The van der Waals surface area contributed by atoms with E-state index in [1.54, 1.807) is 0 Å². The number of hydrogen-bond acceptors (Lipinski definition) is 3. The molecule has 3 N–H and O–H groups in total. The molecule has 0 spiro atoms. The van der Waals surface area contributed by atoms with E-state index in [1.807, 2.05) is 20.8 Å². The van der Waals surface area contributed by atoms with E-state index in [0.717, 1.165) is 6.42 Å². The van der Waals surface area contributed by atoms with Crippen LogP contribution in [-0.2, 0) is 12.6 Å². The summed E-state index contributed by atoms with van der Waals surface area (Å²) in [4.78, 5) is 7.80. The zero-order valence-corrected chi connectivity index (χ0v) is 17.2. The number of aliphatic hydroxyl groups is 1. The van der Waals surface area contributed by atoms with Crippen LogP contribution in [0.2, 0.25) is 0 Å². The number of guanidine groups is 1. The third-order valence-corrected chi connectivity index (χ3v) is 3.74. The van der Waals surface area contributed by atoms with Crippen LogP contribution in [0.4, 0.5) is 13.2 Å². The minimum Gasteiger partial charge on any atom is -0.374 e. The van der Waals surface area contributed by atoms with E-state index in [1.165, 1.54) is 24.0 Å². The zero-order valence-electron chi connectivity index (χ0n) is 14.9. The highest BCUT2D eigenvalue weighted by Crippen LogP contribution is 2.40. The Morgan fingerprint density at radius 1 is 1.40 bits per heavy atom. The minimum atomic E-state index is -4.84. The maximum absolute atomic E-state index is 13.4. The summed E-state index contributed by atoms with van der Waals surface area (Å²) in [5, 5.41) is 16.3. The van der Waals surface area contributed by atoms with Crippen LogP contribution in [0, 0.1) is 0 Å². The van der Waals surface area contributed by atoms with Crippen molar-refractivity contribution < 1.29 is 18.3 Å². The van der Waals surface area contributed by atoms with Crippen molar-refractivity contribution in [2.75, 3.05) is 13.1 Å². The van der Waals surface area contributed by atoms with Gasteiger partial charge in [0.25, 0.3) is 0 Å². The second-order valence-electron chi connectivity index (χ2n) is 5.68. The topological polar surface area (TPSA) is 74.5 Å². The fraction of sp³-hybridized carbons (Fsp3) is 0.733. The van der Waals surface area contributed by atoms with Gasteiger partial charge in [-0.05, 0) is 20.3 Å². The molecule has 10 heteroatoms. The Kier molecular flexibility index (Phi) is 9.77. The molecule has 0 saturated carbocycles. The van der Waals surface area contributed by atoms with Crippen molar-refractivity contribution in [3.05, 3.63) is 18.2 Å². The van der Waals surface area contributed by atoms with E-state index in [2.05, 4.69) is 20.6 Å². The molecular formula is C15H27F3IN5O. The van der Waals surface area contributed by atoms with Gasteiger partial charge < -0.3 is 20.3 Å². The number of imidazole rings is 1. The monoisotopic (exact) mass is 477 g/mol. The molecule has 2 unspecified atom stereocenters. The highest BCUT2D eigenvalue weighted by molar-refractivity contribution is 14.0. The normalized spacial score (nSPS) is 15.9. The summed E-state index contributed by atoms with van der Waals surface area (Å²) in [6, 6.07) is 0.138. The molecule has 146 valence electrons. The highest BCUT2D eigenvalue weighted by Gasteiger charge is 2.57. The smallest absolute Gasteiger partial charge is 0.374 e. The number of rotatable bonds is 7. The van der Waals surface area contributed by atoms with Gasteiger partial charge in [-0.3, -0.25) is 4.99 Å². The van der Waals surface area contributed by atoms with E-state index in [9.17, 15) is 18.3 Å². The van der Waals surface area contributed by atoms with Gasteiger partial charge in [0.1, 0.15) is 5.82 Å². The molecule has 0 fully saturated rings. The number of hydrogen-bond donors (Lipinski definition) is 3. The highest BCUT2D eigenvalue weighted by atomic mass is 127. The standard InChI is InChI=1S/C15H26F3N5O.HI/c1-5-11(3)22-13(19-6-2)21-8-7-14(24,15(16,17)18)12-20-9-10-23(12)4;/h9-11,24H,5-8H2,1-4H3,(H2,19,21,22);1H. The van der Waals surface area contributed by atoms with Gasteiger partial charge in [0.05, 0.1) is 0 Å². The molecule has 0 aromatic carbocycles. The molecule has 1 rings (SSSR count). The maximum atomic E-state index is 13.4. The first-order valence-corrected chi connectivity index (χ1v) is 7.97. The van der Waals surface area contributed by atoms with Crippen LogP contribution < -0.4 is 10.6 Å². The molecule has 2 atom stereocenters. The molecular weight excluding hydrogens is 450 g/mol. The van der Waals surface area contributed by atoms with E-state index < -0.39 is 24.0 Å². The van der Waals surface area contributed by atoms with E-state index in [0.29, 0.717) is 12.5 Å². The maximum Gasteiger partial charge on any atom is 0.424 e. The van der Waals surface area contributed by atoms with Gasteiger partial charge in [-0.2, -0.15) is 13.2 Å². The molecule has 1 aromatic heterocycles. The molecule has 0 radical (unpaired) electrons. The largest absolute Gasteiger partial charge is 0.424 e. The lowest BCUT2D eigenvalue weighted by Crippen LogP contribution is -2.45. The quantitative estimate of drug-likeness (QED) is 0.321. The van der Waals surface area contributed by atoms with E-state index >= 15 is 0 Å². The molecule has 0 aliphatic carbocycles. The SMILES string of the molecule is CCNC(=NCCC(O)(c1nccn1C)C(F)(F)F)NC(C)CC.I. The van der Waals surface area contributed by atoms with Crippen LogP contribution in [0.5, 0.6) is 0 Å². The Bertz CT molecular complexity index is 550. The van der Waals surface area contributed by atoms with Gasteiger partial charge >= 0.3 is 6.18 Å². The van der Waals surface area contributed by atoms with Crippen molar-refractivity contribution in [3.63, 3.8) is 0 Å². The lowest BCUT2D eigenvalue weighted by molar-refractivity contribution is -0.272. The number of halogens is 4. The molecule has 6 nitrogen and oxygen atoms in total. The molecule has 25 heavy (non-hydrogen) atoms. The molecule has 0 amide bonds. The average Bonchev–Trinajstić information content (AvgIpc) is 2.92. The van der Waals surface area contributed by atoms with Crippen molar-refractivity contribution in [2.45, 2.75) is 51.4 Å².